The summed E-state index contributed by atoms with van der Waals surface area (Å²) in [5.41, 5.74) is 4.51. The van der Waals surface area contributed by atoms with Gasteiger partial charge in [0.15, 0.2) is 0 Å². The number of aryl methyl sites for hydroxylation is 1. The summed E-state index contributed by atoms with van der Waals surface area (Å²) in [6, 6.07) is 13.1. The molecule has 25 heavy (non-hydrogen) atoms. The van der Waals surface area contributed by atoms with Crippen molar-refractivity contribution in [1.29, 1.82) is 0 Å². The molecule has 0 saturated heterocycles. The largest absolute Gasteiger partial charge is 0.378 e. The summed E-state index contributed by atoms with van der Waals surface area (Å²) < 4.78 is 0. The second kappa shape index (κ2) is 7.83. The van der Waals surface area contributed by atoms with Gasteiger partial charge in [-0.2, -0.15) is 0 Å². The average molecular weight is 339 g/mol. The Morgan fingerprint density at radius 1 is 0.960 bits per heavy atom. The molecule has 2 rings (SSSR count). The minimum atomic E-state index is -0.213. The van der Waals surface area contributed by atoms with E-state index in [-0.39, 0.29) is 18.4 Å². The van der Waals surface area contributed by atoms with Crippen molar-refractivity contribution in [2.45, 2.75) is 13.8 Å². The topological polar surface area (TPSA) is 52.7 Å². The molecule has 2 aromatic carbocycles. The third kappa shape index (κ3) is 4.59. The molecule has 0 heterocycles. The molecule has 0 aliphatic carbocycles. The molecule has 5 nitrogen and oxygen atoms in total. The number of anilines is 2. The van der Waals surface area contributed by atoms with Crippen LogP contribution in [0.2, 0.25) is 0 Å². The number of amides is 2. The van der Waals surface area contributed by atoms with E-state index in [1.54, 1.807) is 19.2 Å². The number of hydrogen-bond acceptors (Lipinski definition) is 3. The van der Waals surface area contributed by atoms with Crippen molar-refractivity contribution in [3.63, 3.8) is 0 Å². The highest BCUT2D eigenvalue weighted by Crippen LogP contribution is 2.18. The molecule has 1 N–H and O–H groups in total. The van der Waals surface area contributed by atoms with Crippen LogP contribution < -0.4 is 10.2 Å². The minimum Gasteiger partial charge on any atom is -0.378 e. The molecule has 0 unspecified atom stereocenters. The maximum absolute atomic E-state index is 12.5. The maximum Gasteiger partial charge on any atom is 0.254 e. The summed E-state index contributed by atoms with van der Waals surface area (Å²) in [5, 5.41) is 2.87. The molecule has 2 amide bonds. The Kier molecular flexibility index (Phi) is 5.80. The zero-order valence-corrected chi connectivity index (χ0v) is 15.5. The Bertz CT molecular complexity index is 767. The number of nitrogens with one attached hydrogen (secondary N) is 1. The highest BCUT2D eigenvalue weighted by atomic mass is 16.2. The van der Waals surface area contributed by atoms with Crippen LogP contribution in [0.15, 0.2) is 42.5 Å². The van der Waals surface area contributed by atoms with Gasteiger partial charge in [-0.1, -0.05) is 12.1 Å². The van der Waals surface area contributed by atoms with E-state index in [9.17, 15) is 9.59 Å². The van der Waals surface area contributed by atoms with E-state index in [4.69, 9.17) is 0 Å². The standard InChI is InChI=1S/C20H25N3O2/c1-14-7-6-8-18(15(14)2)21-19(24)13-23(5)20(25)16-9-11-17(12-10-16)22(3)4/h6-12H,13H2,1-5H3,(H,21,24). The summed E-state index contributed by atoms with van der Waals surface area (Å²) in [6.07, 6.45) is 0. The number of nitrogens with zero attached hydrogens (tertiary/aromatic N) is 2. The van der Waals surface area contributed by atoms with Gasteiger partial charge in [0, 0.05) is 38.1 Å². The predicted octanol–water partition coefficient (Wildman–Crippen LogP) is 3.08. The Morgan fingerprint density at radius 3 is 2.20 bits per heavy atom. The van der Waals surface area contributed by atoms with Gasteiger partial charge in [0.05, 0.1) is 6.54 Å². The molecule has 132 valence electrons. The van der Waals surface area contributed by atoms with Gasteiger partial charge < -0.3 is 15.1 Å². The molecule has 5 heteroatoms. The molecule has 0 aromatic heterocycles. The number of benzene rings is 2. The Labute approximate surface area is 149 Å². The third-order valence-corrected chi connectivity index (χ3v) is 4.24. The highest BCUT2D eigenvalue weighted by molar-refractivity contribution is 5.99. The number of hydrogen-bond donors (Lipinski definition) is 1. The zero-order valence-electron chi connectivity index (χ0n) is 15.5. The fraction of sp³-hybridized carbons (Fsp3) is 0.300. The highest BCUT2D eigenvalue weighted by Gasteiger charge is 2.16. The lowest BCUT2D eigenvalue weighted by molar-refractivity contribution is -0.116. The van der Waals surface area contributed by atoms with Gasteiger partial charge >= 0.3 is 0 Å². The van der Waals surface area contributed by atoms with Crippen molar-refractivity contribution in [3.8, 4) is 0 Å². The lowest BCUT2D eigenvalue weighted by atomic mass is 10.1. The van der Waals surface area contributed by atoms with E-state index in [0.29, 0.717) is 5.56 Å². The molecule has 0 saturated carbocycles. The molecular formula is C20H25N3O2. The van der Waals surface area contributed by atoms with E-state index in [1.165, 1.54) is 4.90 Å². The van der Waals surface area contributed by atoms with E-state index >= 15 is 0 Å². The SMILES string of the molecule is Cc1cccc(NC(=O)CN(C)C(=O)c2ccc(N(C)C)cc2)c1C. The molecule has 2 aromatic rings. The number of rotatable bonds is 5. The van der Waals surface area contributed by atoms with Crippen molar-refractivity contribution < 1.29 is 9.59 Å². The molecule has 0 fully saturated rings. The second-order valence-corrected chi connectivity index (χ2v) is 6.40. The van der Waals surface area contributed by atoms with E-state index in [1.807, 2.05) is 63.2 Å². The average Bonchev–Trinajstić information content (AvgIpc) is 2.58. The number of carbonyl (C=O) groups excluding carboxylic acids is 2. The molecule has 0 aliphatic heterocycles. The summed E-state index contributed by atoms with van der Waals surface area (Å²) in [5.74, 6) is -0.393. The van der Waals surface area contributed by atoms with E-state index in [0.717, 1.165) is 22.5 Å². The summed E-state index contributed by atoms with van der Waals surface area (Å²) in [7, 11) is 5.52. The van der Waals surface area contributed by atoms with Crippen LogP contribution in [0.25, 0.3) is 0 Å². The summed E-state index contributed by atoms with van der Waals surface area (Å²) >= 11 is 0. The number of likely N-dealkylation sites (N-methyl/N-ethyl adjacent to an activating group) is 1. The van der Waals surface area contributed by atoms with Crippen LogP contribution in [0, 0.1) is 13.8 Å². The van der Waals surface area contributed by atoms with E-state index < -0.39 is 0 Å². The van der Waals surface area contributed by atoms with Gasteiger partial charge in [0.25, 0.3) is 5.91 Å². The normalized spacial score (nSPS) is 10.3. The minimum absolute atomic E-state index is 0.00163. The van der Waals surface area contributed by atoms with Gasteiger partial charge in [0.1, 0.15) is 0 Å². The van der Waals surface area contributed by atoms with Gasteiger partial charge in [-0.05, 0) is 55.3 Å². The van der Waals surface area contributed by atoms with Gasteiger partial charge in [-0.3, -0.25) is 9.59 Å². The zero-order chi connectivity index (χ0) is 18.6. The monoisotopic (exact) mass is 339 g/mol. The first-order valence-corrected chi connectivity index (χ1v) is 8.18. The smallest absolute Gasteiger partial charge is 0.254 e. The quantitative estimate of drug-likeness (QED) is 0.911. The van der Waals surface area contributed by atoms with Crippen molar-refractivity contribution in [2.24, 2.45) is 0 Å². The van der Waals surface area contributed by atoms with Crippen molar-refractivity contribution >= 4 is 23.2 Å². The molecule has 0 radical (unpaired) electrons. The molecular weight excluding hydrogens is 314 g/mol. The fourth-order valence-electron chi connectivity index (χ4n) is 2.49. The van der Waals surface area contributed by atoms with Crippen LogP contribution in [0.3, 0.4) is 0 Å². The Hall–Kier alpha value is -2.82. The Balaban J connectivity index is 2.00. The molecule has 0 bridgehead atoms. The van der Waals surface area contributed by atoms with Gasteiger partial charge in [-0.25, -0.2) is 0 Å². The van der Waals surface area contributed by atoms with Crippen molar-refractivity contribution in [2.75, 3.05) is 37.9 Å². The van der Waals surface area contributed by atoms with Crippen LogP contribution in [0.1, 0.15) is 21.5 Å². The molecule has 0 spiro atoms. The molecule has 0 aliphatic rings. The van der Waals surface area contributed by atoms with Crippen molar-refractivity contribution in [3.05, 3.63) is 59.2 Å². The lowest BCUT2D eigenvalue weighted by Gasteiger charge is -2.18. The first-order valence-electron chi connectivity index (χ1n) is 8.18. The van der Waals surface area contributed by atoms with Crippen LogP contribution in [-0.4, -0.2) is 44.4 Å². The van der Waals surface area contributed by atoms with Crippen LogP contribution in [0.4, 0.5) is 11.4 Å². The van der Waals surface area contributed by atoms with Crippen LogP contribution in [-0.2, 0) is 4.79 Å². The predicted molar refractivity (Wildman–Crippen MR) is 102 cm³/mol. The van der Waals surface area contributed by atoms with E-state index in [2.05, 4.69) is 5.32 Å². The lowest BCUT2D eigenvalue weighted by Crippen LogP contribution is -2.35. The van der Waals surface area contributed by atoms with Gasteiger partial charge in [-0.15, -0.1) is 0 Å². The second-order valence-electron chi connectivity index (χ2n) is 6.40. The van der Waals surface area contributed by atoms with Crippen LogP contribution >= 0.6 is 0 Å². The van der Waals surface area contributed by atoms with Crippen molar-refractivity contribution in [1.82, 2.24) is 4.90 Å². The number of carbonyl (C=O) groups is 2. The fourth-order valence-corrected chi connectivity index (χ4v) is 2.49. The summed E-state index contributed by atoms with van der Waals surface area (Å²) in [4.78, 5) is 28.1. The maximum atomic E-state index is 12.5. The summed E-state index contributed by atoms with van der Waals surface area (Å²) in [6.45, 7) is 3.96. The Morgan fingerprint density at radius 2 is 1.60 bits per heavy atom. The van der Waals surface area contributed by atoms with Gasteiger partial charge in [0.2, 0.25) is 5.91 Å². The first-order chi connectivity index (χ1) is 11.8. The first kappa shape index (κ1) is 18.5. The molecule has 0 atom stereocenters. The van der Waals surface area contributed by atoms with Crippen LogP contribution in [0.5, 0.6) is 0 Å². The third-order valence-electron chi connectivity index (χ3n) is 4.24.